The SMILES string of the molecule is COc1cccc([C@@H](CC(=O)C2CCCCC2)c2ccccc2)c1. The Morgan fingerprint density at radius 2 is 1.71 bits per heavy atom. The number of rotatable bonds is 6. The topological polar surface area (TPSA) is 26.3 Å². The van der Waals surface area contributed by atoms with E-state index in [2.05, 4.69) is 24.3 Å². The first-order valence-corrected chi connectivity index (χ1v) is 8.99. The second kappa shape index (κ2) is 8.14. The fourth-order valence-corrected chi connectivity index (χ4v) is 3.76. The maximum absolute atomic E-state index is 12.9. The zero-order valence-corrected chi connectivity index (χ0v) is 14.4. The van der Waals surface area contributed by atoms with Crippen LogP contribution in [0.15, 0.2) is 54.6 Å². The maximum Gasteiger partial charge on any atom is 0.136 e. The van der Waals surface area contributed by atoms with Crippen LogP contribution < -0.4 is 4.74 Å². The summed E-state index contributed by atoms with van der Waals surface area (Å²) in [5.74, 6) is 1.64. The van der Waals surface area contributed by atoms with Crippen LogP contribution in [0, 0.1) is 5.92 Å². The highest BCUT2D eigenvalue weighted by Gasteiger charge is 2.25. The molecule has 1 aliphatic carbocycles. The van der Waals surface area contributed by atoms with Crippen LogP contribution in [0.1, 0.15) is 55.6 Å². The van der Waals surface area contributed by atoms with Crippen molar-refractivity contribution in [1.82, 2.24) is 0 Å². The molecular formula is C22H26O2. The molecule has 0 bridgehead atoms. The lowest BCUT2D eigenvalue weighted by molar-refractivity contribution is -0.124. The highest BCUT2D eigenvalue weighted by atomic mass is 16.5. The molecule has 0 radical (unpaired) electrons. The van der Waals surface area contributed by atoms with Gasteiger partial charge in [0.05, 0.1) is 7.11 Å². The van der Waals surface area contributed by atoms with Crippen LogP contribution in [-0.4, -0.2) is 12.9 Å². The first-order chi connectivity index (χ1) is 11.8. The minimum Gasteiger partial charge on any atom is -0.497 e. The molecule has 1 aliphatic rings. The average molecular weight is 322 g/mol. The van der Waals surface area contributed by atoms with Crippen LogP contribution in [0.25, 0.3) is 0 Å². The number of carbonyl (C=O) groups is 1. The molecule has 0 spiro atoms. The van der Waals surface area contributed by atoms with E-state index in [0.717, 1.165) is 24.2 Å². The molecule has 2 aromatic rings. The largest absolute Gasteiger partial charge is 0.497 e. The first-order valence-electron chi connectivity index (χ1n) is 8.99. The van der Waals surface area contributed by atoms with E-state index < -0.39 is 0 Å². The number of benzene rings is 2. The number of hydrogen-bond acceptors (Lipinski definition) is 2. The van der Waals surface area contributed by atoms with Gasteiger partial charge in [-0.25, -0.2) is 0 Å². The quantitative estimate of drug-likeness (QED) is 0.715. The third-order valence-electron chi connectivity index (χ3n) is 5.16. The molecule has 126 valence electrons. The van der Waals surface area contributed by atoms with Gasteiger partial charge in [0.25, 0.3) is 0 Å². The van der Waals surface area contributed by atoms with Gasteiger partial charge in [-0.3, -0.25) is 4.79 Å². The second-order valence-electron chi connectivity index (χ2n) is 6.75. The van der Waals surface area contributed by atoms with Crippen LogP contribution in [0.3, 0.4) is 0 Å². The van der Waals surface area contributed by atoms with E-state index >= 15 is 0 Å². The van der Waals surface area contributed by atoms with Crippen molar-refractivity contribution in [2.75, 3.05) is 7.11 Å². The summed E-state index contributed by atoms with van der Waals surface area (Å²) in [6.07, 6.45) is 6.40. The van der Waals surface area contributed by atoms with E-state index in [9.17, 15) is 4.79 Å². The predicted molar refractivity (Wildman–Crippen MR) is 97.5 cm³/mol. The minimum absolute atomic E-state index is 0.107. The van der Waals surface area contributed by atoms with Gasteiger partial charge in [0.2, 0.25) is 0 Å². The molecule has 1 fully saturated rings. The smallest absolute Gasteiger partial charge is 0.136 e. The Kier molecular flexibility index (Phi) is 5.68. The molecule has 24 heavy (non-hydrogen) atoms. The van der Waals surface area contributed by atoms with Crippen molar-refractivity contribution in [3.05, 3.63) is 65.7 Å². The van der Waals surface area contributed by atoms with Crippen LogP contribution in [0.2, 0.25) is 0 Å². The molecule has 2 aromatic carbocycles. The van der Waals surface area contributed by atoms with Gasteiger partial charge in [-0.15, -0.1) is 0 Å². The van der Waals surface area contributed by atoms with E-state index in [1.54, 1.807) is 7.11 Å². The lowest BCUT2D eigenvalue weighted by Crippen LogP contribution is -2.20. The maximum atomic E-state index is 12.9. The Morgan fingerprint density at radius 1 is 1.00 bits per heavy atom. The highest BCUT2D eigenvalue weighted by Crippen LogP contribution is 2.34. The molecule has 0 aromatic heterocycles. The predicted octanol–water partition coefficient (Wildman–Crippen LogP) is 5.37. The summed E-state index contributed by atoms with van der Waals surface area (Å²) in [7, 11) is 1.68. The summed E-state index contributed by atoms with van der Waals surface area (Å²) in [6, 6.07) is 18.5. The Hall–Kier alpha value is -2.09. The van der Waals surface area contributed by atoms with E-state index in [0.29, 0.717) is 12.2 Å². The van der Waals surface area contributed by atoms with Gasteiger partial charge >= 0.3 is 0 Å². The third-order valence-corrected chi connectivity index (χ3v) is 5.16. The number of ketones is 1. The molecule has 2 heteroatoms. The Labute approximate surface area is 144 Å². The molecule has 0 unspecified atom stereocenters. The van der Waals surface area contributed by atoms with Gasteiger partial charge in [-0.05, 0) is 36.1 Å². The van der Waals surface area contributed by atoms with Crippen molar-refractivity contribution in [1.29, 1.82) is 0 Å². The summed E-state index contributed by atoms with van der Waals surface area (Å²) in [5, 5.41) is 0. The van der Waals surface area contributed by atoms with E-state index in [1.165, 1.54) is 24.8 Å². The molecule has 1 atom stereocenters. The molecule has 2 nitrogen and oxygen atoms in total. The summed E-state index contributed by atoms with van der Waals surface area (Å²) in [6.45, 7) is 0. The third kappa shape index (κ3) is 4.05. The van der Waals surface area contributed by atoms with Crippen molar-refractivity contribution in [3.8, 4) is 5.75 Å². The van der Waals surface area contributed by atoms with Gasteiger partial charge in [0.1, 0.15) is 11.5 Å². The number of methoxy groups -OCH3 is 1. The molecular weight excluding hydrogens is 296 g/mol. The van der Waals surface area contributed by atoms with Crippen molar-refractivity contribution in [2.45, 2.75) is 44.4 Å². The fraction of sp³-hybridized carbons (Fsp3) is 0.409. The second-order valence-corrected chi connectivity index (χ2v) is 6.75. The zero-order chi connectivity index (χ0) is 16.8. The number of carbonyl (C=O) groups excluding carboxylic acids is 1. The average Bonchev–Trinajstić information content (AvgIpc) is 2.67. The van der Waals surface area contributed by atoms with E-state index in [-0.39, 0.29) is 11.8 Å². The van der Waals surface area contributed by atoms with E-state index in [4.69, 9.17) is 4.74 Å². The molecule has 0 N–H and O–H groups in total. The normalized spacial score (nSPS) is 16.5. The van der Waals surface area contributed by atoms with Crippen molar-refractivity contribution in [2.24, 2.45) is 5.92 Å². The number of hydrogen-bond donors (Lipinski definition) is 0. The highest BCUT2D eigenvalue weighted by molar-refractivity contribution is 5.82. The van der Waals surface area contributed by atoms with Crippen LogP contribution in [-0.2, 0) is 4.79 Å². The number of Topliss-reactive ketones (excluding diaryl/α,β-unsaturated/α-hetero) is 1. The van der Waals surface area contributed by atoms with Gasteiger partial charge in [0.15, 0.2) is 0 Å². The van der Waals surface area contributed by atoms with Crippen molar-refractivity contribution < 1.29 is 9.53 Å². The monoisotopic (exact) mass is 322 g/mol. The zero-order valence-electron chi connectivity index (χ0n) is 14.4. The van der Waals surface area contributed by atoms with Gasteiger partial charge < -0.3 is 4.74 Å². The summed E-state index contributed by atoms with van der Waals surface area (Å²) in [4.78, 5) is 12.9. The van der Waals surface area contributed by atoms with Crippen molar-refractivity contribution >= 4 is 5.78 Å². The standard InChI is InChI=1S/C22H26O2/c1-24-20-14-8-13-19(15-20)21(17-9-4-2-5-10-17)16-22(23)18-11-6-3-7-12-18/h2,4-5,8-10,13-15,18,21H,3,6-7,11-12,16H2,1H3/t21-/m0/s1. The van der Waals surface area contributed by atoms with Crippen molar-refractivity contribution in [3.63, 3.8) is 0 Å². The first kappa shape index (κ1) is 16.8. The van der Waals surface area contributed by atoms with Crippen LogP contribution in [0.5, 0.6) is 5.75 Å². The van der Waals surface area contributed by atoms with E-state index in [1.807, 2.05) is 30.3 Å². The Bertz CT molecular complexity index is 657. The molecule has 0 amide bonds. The fourth-order valence-electron chi connectivity index (χ4n) is 3.76. The Balaban J connectivity index is 1.86. The van der Waals surface area contributed by atoms with Crippen LogP contribution >= 0.6 is 0 Å². The molecule has 0 heterocycles. The molecule has 0 aliphatic heterocycles. The molecule has 0 saturated heterocycles. The molecule has 3 rings (SSSR count). The van der Waals surface area contributed by atoms with Gasteiger partial charge in [-0.1, -0.05) is 61.7 Å². The minimum atomic E-state index is 0.107. The lowest BCUT2D eigenvalue weighted by Gasteiger charge is -2.24. The number of ether oxygens (including phenoxy) is 1. The Morgan fingerprint density at radius 3 is 2.42 bits per heavy atom. The van der Waals surface area contributed by atoms with Gasteiger partial charge in [-0.2, -0.15) is 0 Å². The summed E-state index contributed by atoms with van der Waals surface area (Å²) < 4.78 is 5.38. The summed E-state index contributed by atoms with van der Waals surface area (Å²) in [5.41, 5.74) is 2.36. The lowest BCUT2D eigenvalue weighted by atomic mass is 9.80. The summed E-state index contributed by atoms with van der Waals surface area (Å²) >= 11 is 0. The molecule has 1 saturated carbocycles. The van der Waals surface area contributed by atoms with Crippen LogP contribution in [0.4, 0.5) is 0 Å². The van der Waals surface area contributed by atoms with Gasteiger partial charge in [0, 0.05) is 18.3 Å².